The molecule has 1 aliphatic carbocycles. The van der Waals surface area contributed by atoms with Gasteiger partial charge in [-0.1, -0.05) is 23.8 Å². The van der Waals surface area contributed by atoms with Crippen molar-refractivity contribution in [3.05, 3.63) is 64.1 Å². The second kappa shape index (κ2) is 6.50. The van der Waals surface area contributed by atoms with Gasteiger partial charge in [-0.05, 0) is 55.2 Å². The maximum absolute atomic E-state index is 12.5. The molecule has 2 heterocycles. The van der Waals surface area contributed by atoms with Crippen LogP contribution in [-0.2, 0) is 23.0 Å². The van der Waals surface area contributed by atoms with E-state index in [1.165, 1.54) is 4.76 Å². The largest absolute Gasteiger partial charge is 0.379 e. The summed E-state index contributed by atoms with van der Waals surface area (Å²) in [7, 11) is -3.85. The number of hydrogen-bond donors (Lipinski definition) is 0. The highest BCUT2D eigenvalue weighted by Crippen LogP contribution is 2.32. The van der Waals surface area contributed by atoms with Gasteiger partial charge in [-0.3, -0.25) is 0 Å². The minimum Gasteiger partial charge on any atom is -0.379 e. The number of nitroso groups, excluding NO2 is 1. The van der Waals surface area contributed by atoms with Gasteiger partial charge in [0, 0.05) is 28.4 Å². The molecule has 0 N–H and O–H groups in total. The Bertz CT molecular complexity index is 950. The molecule has 0 saturated carbocycles. The lowest BCUT2D eigenvalue weighted by Gasteiger charge is -2.27. The molecule has 3 aliphatic rings. The first-order chi connectivity index (χ1) is 12.4. The molecule has 26 heavy (non-hydrogen) atoms. The lowest BCUT2D eigenvalue weighted by atomic mass is 9.81. The lowest BCUT2D eigenvalue weighted by molar-refractivity contribution is -0.603. The molecule has 2 aromatic carbocycles. The van der Waals surface area contributed by atoms with Crippen LogP contribution in [0, 0.1) is 17.7 Å². The average Bonchev–Trinajstić information content (AvgIpc) is 2.57. The smallest absolute Gasteiger partial charge is 0.339 e. The van der Waals surface area contributed by atoms with Gasteiger partial charge in [0.15, 0.2) is 6.54 Å². The maximum atomic E-state index is 12.5. The Morgan fingerprint density at radius 3 is 2.50 bits per heavy atom. The SMILES string of the molecule is Cc1ccc(S(=O)(=O)Oc2ccc3c(c2)CC2CCC(C3)[N+](=O)C2)cc1. The molecule has 1 fully saturated rings. The third-order valence-corrected chi connectivity index (χ3v) is 6.67. The van der Waals surface area contributed by atoms with Gasteiger partial charge >= 0.3 is 10.1 Å². The van der Waals surface area contributed by atoms with Crippen molar-refractivity contribution in [3.63, 3.8) is 0 Å². The molecule has 1 saturated heterocycles. The summed E-state index contributed by atoms with van der Waals surface area (Å²) in [4.78, 5) is 12.2. The van der Waals surface area contributed by atoms with Gasteiger partial charge in [-0.25, -0.2) is 0 Å². The Morgan fingerprint density at radius 1 is 1.00 bits per heavy atom. The predicted molar refractivity (Wildman–Crippen MR) is 97.8 cm³/mol. The van der Waals surface area contributed by atoms with Crippen LogP contribution in [0.4, 0.5) is 0 Å². The summed E-state index contributed by atoms with van der Waals surface area (Å²) >= 11 is 0. The maximum Gasteiger partial charge on any atom is 0.339 e. The Kier molecular flexibility index (Phi) is 4.31. The molecule has 0 spiro atoms. The van der Waals surface area contributed by atoms with E-state index in [-0.39, 0.29) is 10.9 Å². The molecular weight excluding hydrogens is 350 g/mol. The number of benzene rings is 2. The number of rotatable bonds is 3. The Hall–Kier alpha value is -2.21. The van der Waals surface area contributed by atoms with Crippen molar-refractivity contribution >= 4 is 10.1 Å². The van der Waals surface area contributed by atoms with Crippen LogP contribution in [0.25, 0.3) is 0 Å². The second-order valence-corrected chi connectivity index (χ2v) is 8.93. The molecule has 136 valence electrons. The van der Waals surface area contributed by atoms with Crippen molar-refractivity contribution in [2.45, 2.75) is 43.5 Å². The third-order valence-electron chi connectivity index (χ3n) is 5.41. The number of nitrogens with zero attached hydrogens (tertiary/aromatic N) is 1. The summed E-state index contributed by atoms with van der Waals surface area (Å²) < 4.78 is 31.6. The lowest BCUT2D eigenvalue weighted by Crippen LogP contribution is -2.39. The first kappa shape index (κ1) is 17.2. The molecule has 0 aromatic heterocycles. The van der Waals surface area contributed by atoms with E-state index in [9.17, 15) is 13.3 Å². The number of piperidine rings is 1. The van der Waals surface area contributed by atoms with E-state index in [0.717, 1.165) is 42.4 Å². The van der Waals surface area contributed by atoms with Crippen LogP contribution in [-0.4, -0.2) is 25.8 Å². The van der Waals surface area contributed by atoms with Crippen LogP contribution < -0.4 is 4.18 Å². The van der Waals surface area contributed by atoms with Gasteiger partial charge in [0.25, 0.3) is 0 Å². The fourth-order valence-electron chi connectivity index (χ4n) is 3.93. The molecule has 2 aromatic rings. The van der Waals surface area contributed by atoms with Crippen LogP contribution in [0.3, 0.4) is 0 Å². The van der Waals surface area contributed by atoms with E-state index < -0.39 is 10.1 Å². The minimum absolute atomic E-state index is 0.0355. The van der Waals surface area contributed by atoms with Gasteiger partial charge in [0.1, 0.15) is 10.6 Å². The molecule has 5 rings (SSSR count). The highest BCUT2D eigenvalue weighted by atomic mass is 32.2. The molecule has 2 atom stereocenters. The van der Waals surface area contributed by atoms with E-state index in [1.54, 1.807) is 30.3 Å². The van der Waals surface area contributed by atoms with E-state index in [2.05, 4.69) is 0 Å². The molecular formula is C20H22NO4S+. The van der Waals surface area contributed by atoms with Crippen LogP contribution in [0.2, 0.25) is 0 Å². The summed E-state index contributed by atoms with van der Waals surface area (Å²) in [5.41, 5.74) is 3.22. The Labute approximate surface area is 153 Å². The van der Waals surface area contributed by atoms with Crippen LogP contribution in [0.1, 0.15) is 29.5 Å². The molecule has 2 bridgehead atoms. The summed E-state index contributed by atoms with van der Waals surface area (Å²) in [5, 5.41) is 0. The van der Waals surface area contributed by atoms with E-state index >= 15 is 0 Å². The summed E-state index contributed by atoms with van der Waals surface area (Å²) in [6.45, 7) is 2.47. The topological polar surface area (TPSA) is 63.5 Å². The average molecular weight is 372 g/mol. The van der Waals surface area contributed by atoms with Crippen molar-refractivity contribution < 1.29 is 17.4 Å². The summed E-state index contributed by atoms with van der Waals surface area (Å²) in [6.07, 6.45) is 3.50. The summed E-state index contributed by atoms with van der Waals surface area (Å²) in [5.74, 6) is 0.659. The first-order valence-electron chi connectivity index (χ1n) is 8.97. The first-order valence-corrected chi connectivity index (χ1v) is 10.4. The van der Waals surface area contributed by atoms with Gasteiger partial charge < -0.3 is 4.18 Å². The quantitative estimate of drug-likeness (QED) is 0.612. The zero-order valence-corrected chi connectivity index (χ0v) is 15.5. The zero-order valence-electron chi connectivity index (χ0n) is 14.7. The molecule has 5 nitrogen and oxygen atoms in total. The van der Waals surface area contributed by atoms with Gasteiger partial charge in [-0.15, -0.1) is 0 Å². The highest BCUT2D eigenvalue weighted by molar-refractivity contribution is 7.87. The van der Waals surface area contributed by atoms with Crippen molar-refractivity contribution in [2.75, 3.05) is 6.54 Å². The van der Waals surface area contributed by atoms with E-state index in [4.69, 9.17) is 4.18 Å². The normalized spacial score (nSPS) is 22.4. The Balaban J connectivity index is 1.61. The number of aryl methyl sites for hydroxylation is 1. The molecule has 2 aliphatic heterocycles. The monoisotopic (exact) mass is 372 g/mol. The molecule has 6 heteroatoms. The van der Waals surface area contributed by atoms with Crippen molar-refractivity contribution in [3.8, 4) is 5.75 Å². The third kappa shape index (κ3) is 3.38. The summed E-state index contributed by atoms with van der Waals surface area (Å²) in [6, 6.07) is 12.1. The van der Waals surface area contributed by atoms with Crippen molar-refractivity contribution in [1.29, 1.82) is 0 Å². The number of fused-ring (bicyclic) bond motifs is 2. The standard InChI is InChI=1S/C20H22NO4S/c1-14-2-8-20(9-3-14)26(23,24)25-19-7-5-16-11-18-6-4-15(13-21(18)22)10-17(16)12-19/h2-3,5,7-9,12,15,18H,4,6,10-11,13H2,1H3/q+1. The zero-order chi connectivity index (χ0) is 18.3. The van der Waals surface area contributed by atoms with Gasteiger partial charge in [-0.2, -0.15) is 8.42 Å². The van der Waals surface area contributed by atoms with Crippen molar-refractivity contribution in [2.24, 2.45) is 5.92 Å². The predicted octanol–water partition coefficient (Wildman–Crippen LogP) is 3.42. The molecule has 2 unspecified atom stereocenters. The van der Waals surface area contributed by atoms with Crippen molar-refractivity contribution in [1.82, 2.24) is 0 Å². The van der Waals surface area contributed by atoms with Crippen LogP contribution >= 0.6 is 0 Å². The molecule has 0 amide bonds. The van der Waals surface area contributed by atoms with Gasteiger partial charge in [0.2, 0.25) is 6.04 Å². The number of hydrogen-bond acceptors (Lipinski definition) is 4. The Morgan fingerprint density at radius 2 is 1.77 bits per heavy atom. The molecule has 0 radical (unpaired) electrons. The second-order valence-electron chi connectivity index (χ2n) is 7.39. The van der Waals surface area contributed by atoms with Crippen LogP contribution in [0.15, 0.2) is 47.4 Å². The van der Waals surface area contributed by atoms with E-state index in [0.29, 0.717) is 18.2 Å². The minimum atomic E-state index is -3.85. The van der Waals surface area contributed by atoms with Gasteiger partial charge in [0.05, 0.1) is 0 Å². The fraction of sp³-hybridized carbons (Fsp3) is 0.400. The van der Waals surface area contributed by atoms with Crippen LogP contribution in [0.5, 0.6) is 5.75 Å². The van der Waals surface area contributed by atoms with E-state index in [1.807, 2.05) is 19.1 Å². The highest BCUT2D eigenvalue weighted by Gasteiger charge is 2.38. The fourth-order valence-corrected chi connectivity index (χ4v) is 4.85.